The maximum Gasteiger partial charge on any atom is 0.264 e. The van der Waals surface area contributed by atoms with Crippen molar-refractivity contribution in [2.75, 3.05) is 26.7 Å². The van der Waals surface area contributed by atoms with Crippen molar-refractivity contribution in [3.63, 3.8) is 0 Å². The number of carbonyl (C=O) groups is 1. The highest BCUT2D eigenvalue weighted by Crippen LogP contribution is 2.42. The predicted octanol–water partition coefficient (Wildman–Crippen LogP) is 6.18. The fourth-order valence-corrected chi connectivity index (χ4v) is 6.18. The minimum absolute atomic E-state index is 0.0452. The lowest BCUT2D eigenvalue weighted by Gasteiger charge is -2.21. The van der Waals surface area contributed by atoms with Crippen LogP contribution in [0.1, 0.15) is 48.8 Å². The zero-order valence-electron chi connectivity index (χ0n) is 22.8. The van der Waals surface area contributed by atoms with Crippen LogP contribution in [0, 0.1) is 0 Å². The maximum atomic E-state index is 13.9. The zero-order chi connectivity index (χ0) is 27.2. The molecule has 0 aliphatic rings. The van der Waals surface area contributed by atoms with Crippen LogP contribution in [0.4, 0.5) is 0 Å². The number of ketones is 1. The highest BCUT2D eigenvalue weighted by atomic mass is 32.1. The van der Waals surface area contributed by atoms with Crippen LogP contribution in [0.2, 0.25) is 0 Å². The lowest BCUT2D eigenvalue weighted by atomic mass is 10.1. The molecule has 0 bridgehead atoms. The van der Waals surface area contributed by atoms with Crippen LogP contribution in [-0.4, -0.2) is 48.0 Å². The molecule has 2 aromatic carbocycles. The lowest BCUT2D eigenvalue weighted by molar-refractivity contribution is 0.0972. The Morgan fingerprint density at radius 1 is 1.11 bits per heavy atom. The zero-order valence-corrected chi connectivity index (χ0v) is 23.6. The van der Waals surface area contributed by atoms with Gasteiger partial charge in [-0.3, -0.25) is 14.2 Å². The average Bonchev–Trinajstić information content (AvgIpc) is 3.34. The Morgan fingerprint density at radius 2 is 1.79 bits per heavy atom. The molecule has 2 aromatic heterocycles. The Balaban J connectivity index is 1.69. The number of methoxy groups -OCH3 is 1. The van der Waals surface area contributed by atoms with Gasteiger partial charge in [-0.25, -0.2) is 0 Å². The van der Waals surface area contributed by atoms with E-state index in [0.29, 0.717) is 16.7 Å². The van der Waals surface area contributed by atoms with Crippen molar-refractivity contribution in [3.05, 3.63) is 82.0 Å². The van der Waals surface area contributed by atoms with Gasteiger partial charge in [0, 0.05) is 22.7 Å². The summed E-state index contributed by atoms with van der Waals surface area (Å²) in [6.07, 6.45) is 2.11. The number of benzene rings is 2. The number of hydrogen-bond donors (Lipinski definition) is 1. The van der Waals surface area contributed by atoms with Crippen LogP contribution in [0.3, 0.4) is 0 Å². The molecule has 6 nitrogen and oxygen atoms in total. The number of ether oxygens (including phenoxy) is 1. The van der Waals surface area contributed by atoms with Crippen LogP contribution >= 0.6 is 11.3 Å². The second kappa shape index (κ2) is 12.4. The summed E-state index contributed by atoms with van der Waals surface area (Å²) in [5.41, 5.74) is 1.82. The molecule has 0 aliphatic carbocycles. The van der Waals surface area contributed by atoms with Crippen molar-refractivity contribution < 1.29 is 9.53 Å². The van der Waals surface area contributed by atoms with Crippen LogP contribution in [0.5, 0.6) is 5.75 Å². The van der Waals surface area contributed by atoms with E-state index in [0.717, 1.165) is 58.7 Å². The summed E-state index contributed by atoms with van der Waals surface area (Å²) in [7, 11) is 1.58. The molecular formula is C31H37N3O3S. The Morgan fingerprint density at radius 3 is 2.47 bits per heavy atom. The number of rotatable bonds is 13. The van der Waals surface area contributed by atoms with Crippen LogP contribution < -0.4 is 15.6 Å². The van der Waals surface area contributed by atoms with Gasteiger partial charge in [0.2, 0.25) is 0 Å². The number of aromatic nitrogens is 1. The second-order valence-corrected chi connectivity index (χ2v) is 10.6. The molecule has 4 rings (SSSR count). The number of nitrogens with one attached hydrogen (secondary N) is 1. The smallest absolute Gasteiger partial charge is 0.264 e. The molecule has 0 aliphatic heterocycles. The number of fused-ring (bicyclic) bond motifs is 3. The number of para-hydroxylation sites is 1. The van der Waals surface area contributed by atoms with E-state index >= 15 is 0 Å². The third-order valence-corrected chi connectivity index (χ3v) is 8.33. The highest BCUT2D eigenvalue weighted by molar-refractivity contribution is 7.21. The standard InChI is InChI=1S/C31H37N3O3S/c1-6-33(7-2)19-13-14-21(3)32-22(4)29-28(37-5)27-30(38-29)24-17-11-12-18-25(24)34(31(27)36)20-26(35)23-15-9-8-10-16-23/h8-12,15-18,21,32H,4,6-7,13-14,19-20H2,1-3,5H3. The molecule has 0 radical (unpaired) electrons. The van der Waals surface area contributed by atoms with Gasteiger partial charge < -0.3 is 15.0 Å². The highest BCUT2D eigenvalue weighted by Gasteiger charge is 2.24. The molecule has 1 atom stereocenters. The molecule has 0 fully saturated rings. The Labute approximate surface area is 228 Å². The van der Waals surface area contributed by atoms with E-state index in [4.69, 9.17) is 4.74 Å². The van der Waals surface area contributed by atoms with Gasteiger partial charge in [-0.05, 0) is 45.5 Å². The van der Waals surface area contributed by atoms with E-state index in [2.05, 4.69) is 37.6 Å². The van der Waals surface area contributed by atoms with Crippen LogP contribution in [-0.2, 0) is 6.54 Å². The SMILES string of the molecule is C=C(NC(C)CCCN(CC)CC)c1sc2c(c1OC)c(=O)n(CC(=O)c1ccccc1)c1ccccc21. The first kappa shape index (κ1) is 27.6. The summed E-state index contributed by atoms with van der Waals surface area (Å²) >= 11 is 1.51. The summed E-state index contributed by atoms with van der Waals surface area (Å²) in [6, 6.07) is 17.0. The third kappa shape index (κ3) is 5.69. The topological polar surface area (TPSA) is 63.6 Å². The predicted molar refractivity (Wildman–Crippen MR) is 160 cm³/mol. The fraction of sp³-hybridized carbons (Fsp3) is 0.355. The van der Waals surface area contributed by atoms with Gasteiger partial charge in [-0.2, -0.15) is 0 Å². The Hall–Kier alpha value is -3.42. The molecular weight excluding hydrogens is 494 g/mol. The Kier molecular flexibility index (Phi) is 9.02. The molecule has 4 aromatic rings. The second-order valence-electron chi connectivity index (χ2n) is 9.56. The molecule has 0 saturated heterocycles. The number of Topliss-reactive ketones (excluding diaryl/α,β-unsaturated/α-hetero) is 1. The molecule has 2 heterocycles. The number of hydrogen-bond acceptors (Lipinski definition) is 6. The normalized spacial score (nSPS) is 12.2. The van der Waals surface area contributed by atoms with E-state index in [9.17, 15) is 9.59 Å². The van der Waals surface area contributed by atoms with Crippen LogP contribution in [0.25, 0.3) is 26.7 Å². The van der Waals surface area contributed by atoms with Crippen molar-refractivity contribution in [2.24, 2.45) is 0 Å². The molecule has 0 amide bonds. The molecule has 38 heavy (non-hydrogen) atoms. The summed E-state index contributed by atoms with van der Waals surface area (Å²) in [5.74, 6) is 0.394. The molecule has 1 unspecified atom stereocenters. The average molecular weight is 532 g/mol. The number of thiophene rings is 1. The number of nitrogens with zero attached hydrogens (tertiary/aromatic N) is 2. The van der Waals surface area contributed by atoms with Gasteiger partial charge in [0.15, 0.2) is 11.5 Å². The lowest BCUT2D eigenvalue weighted by Crippen LogP contribution is -2.28. The van der Waals surface area contributed by atoms with Crippen molar-refractivity contribution in [2.45, 2.75) is 46.2 Å². The Bertz CT molecular complexity index is 1490. The van der Waals surface area contributed by atoms with Crippen LogP contribution in [0.15, 0.2) is 66.0 Å². The molecule has 200 valence electrons. The van der Waals surface area contributed by atoms with Gasteiger partial charge in [-0.15, -0.1) is 11.3 Å². The maximum absolute atomic E-state index is 13.9. The first-order valence-electron chi connectivity index (χ1n) is 13.3. The summed E-state index contributed by atoms with van der Waals surface area (Å²) in [5, 5.41) is 4.94. The minimum atomic E-state index is -0.234. The van der Waals surface area contributed by atoms with Gasteiger partial charge in [0.05, 0.1) is 28.7 Å². The van der Waals surface area contributed by atoms with E-state index in [1.54, 1.807) is 23.8 Å². The van der Waals surface area contributed by atoms with E-state index in [1.165, 1.54) is 11.3 Å². The van der Waals surface area contributed by atoms with Gasteiger partial charge in [0.25, 0.3) is 5.56 Å². The van der Waals surface area contributed by atoms with Gasteiger partial charge >= 0.3 is 0 Å². The largest absolute Gasteiger partial charge is 0.494 e. The third-order valence-electron chi connectivity index (χ3n) is 7.07. The first-order valence-corrected chi connectivity index (χ1v) is 14.1. The summed E-state index contributed by atoms with van der Waals surface area (Å²) < 4.78 is 8.23. The molecule has 0 saturated carbocycles. The number of pyridine rings is 1. The monoisotopic (exact) mass is 531 g/mol. The first-order chi connectivity index (χ1) is 18.4. The van der Waals surface area contributed by atoms with E-state index in [1.807, 2.05) is 42.5 Å². The minimum Gasteiger partial charge on any atom is -0.494 e. The molecule has 7 heteroatoms. The number of carbonyl (C=O) groups excluding carboxylic acids is 1. The van der Waals surface area contributed by atoms with Crippen molar-refractivity contribution in [1.29, 1.82) is 0 Å². The molecule has 0 spiro atoms. The fourth-order valence-electron chi connectivity index (χ4n) is 4.95. The quantitative estimate of drug-likeness (QED) is 0.209. The molecule has 1 N–H and O–H groups in total. The van der Waals surface area contributed by atoms with Crippen molar-refractivity contribution in [1.82, 2.24) is 14.8 Å². The van der Waals surface area contributed by atoms with Gasteiger partial charge in [0.1, 0.15) is 5.39 Å². The van der Waals surface area contributed by atoms with Crippen molar-refractivity contribution in [3.8, 4) is 5.75 Å². The van der Waals surface area contributed by atoms with E-state index < -0.39 is 0 Å². The summed E-state index contributed by atoms with van der Waals surface area (Å²) in [4.78, 5) is 30.2. The van der Waals surface area contributed by atoms with Crippen molar-refractivity contribution >= 4 is 43.8 Å². The van der Waals surface area contributed by atoms with Gasteiger partial charge in [-0.1, -0.05) is 69.0 Å². The van der Waals surface area contributed by atoms with E-state index in [-0.39, 0.29) is 23.9 Å². The summed E-state index contributed by atoms with van der Waals surface area (Å²) in [6.45, 7) is 14.0.